The maximum Gasteiger partial charge on any atom is 0.256 e. The molecule has 4 rings (SSSR count). The van der Waals surface area contributed by atoms with Crippen LogP contribution in [0.1, 0.15) is 34.6 Å². The van der Waals surface area contributed by atoms with Gasteiger partial charge in [-0.15, -0.1) is 0 Å². The summed E-state index contributed by atoms with van der Waals surface area (Å²) in [4.78, 5) is 32.6. The zero-order chi connectivity index (χ0) is 25.5. The summed E-state index contributed by atoms with van der Waals surface area (Å²) in [6.45, 7) is 8.37. The summed E-state index contributed by atoms with van der Waals surface area (Å²) in [6.07, 6.45) is 0. The number of nitrogens with zero attached hydrogens (tertiary/aromatic N) is 3. The van der Waals surface area contributed by atoms with Crippen LogP contribution in [-0.4, -0.2) is 63.1 Å². The van der Waals surface area contributed by atoms with Gasteiger partial charge in [0.2, 0.25) is 0 Å². The Morgan fingerprint density at radius 2 is 1.44 bits per heavy atom. The van der Waals surface area contributed by atoms with E-state index in [2.05, 4.69) is 21.2 Å². The fourth-order valence-corrected chi connectivity index (χ4v) is 4.61. The highest BCUT2D eigenvalue weighted by Gasteiger charge is 2.25. The van der Waals surface area contributed by atoms with Gasteiger partial charge in [-0.25, -0.2) is 0 Å². The van der Waals surface area contributed by atoms with Crippen molar-refractivity contribution in [2.24, 2.45) is 0 Å². The van der Waals surface area contributed by atoms with E-state index in [1.54, 1.807) is 19.2 Å². The molecule has 3 aromatic rings. The number of nitrogens with one attached hydrogen (secondary N) is 1. The second-order valence-corrected chi connectivity index (χ2v) is 8.68. The highest BCUT2D eigenvalue weighted by atomic mass is 16.5. The number of hydrogen-bond donors (Lipinski definition) is 1. The highest BCUT2D eigenvalue weighted by Crippen LogP contribution is 2.31. The Labute approximate surface area is 213 Å². The highest BCUT2D eigenvalue weighted by molar-refractivity contribution is 6.06. The van der Waals surface area contributed by atoms with Gasteiger partial charge < -0.3 is 24.8 Å². The zero-order valence-corrected chi connectivity index (χ0v) is 21.2. The Hall–Kier alpha value is -4.00. The maximum atomic E-state index is 13.5. The third kappa shape index (κ3) is 5.46. The number of anilines is 3. The Balaban J connectivity index is 1.58. The molecule has 1 aliphatic heterocycles. The molecule has 0 spiro atoms. The molecule has 1 saturated heterocycles. The van der Waals surface area contributed by atoms with E-state index in [9.17, 15) is 9.59 Å². The van der Waals surface area contributed by atoms with Crippen LogP contribution in [0, 0.1) is 0 Å². The van der Waals surface area contributed by atoms with Crippen LogP contribution in [-0.2, 0) is 0 Å². The monoisotopic (exact) mass is 486 g/mol. The smallest absolute Gasteiger partial charge is 0.256 e. The minimum atomic E-state index is -0.199. The van der Waals surface area contributed by atoms with Gasteiger partial charge in [-0.05, 0) is 56.3 Å². The van der Waals surface area contributed by atoms with Crippen molar-refractivity contribution in [3.05, 3.63) is 83.9 Å². The number of benzene rings is 3. The Morgan fingerprint density at radius 3 is 2.08 bits per heavy atom. The predicted octanol–water partition coefficient (Wildman–Crippen LogP) is 4.76. The second kappa shape index (κ2) is 11.6. The fraction of sp³-hybridized carbons (Fsp3) is 0.310. The summed E-state index contributed by atoms with van der Waals surface area (Å²) >= 11 is 0. The average molecular weight is 487 g/mol. The summed E-state index contributed by atoms with van der Waals surface area (Å²) in [5.74, 6) is 0.634. The number of carbonyl (C=O) groups excluding carboxylic acids is 2. The normalized spacial score (nSPS) is 13.3. The zero-order valence-electron chi connectivity index (χ0n) is 21.2. The van der Waals surface area contributed by atoms with E-state index in [-0.39, 0.29) is 11.8 Å². The summed E-state index contributed by atoms with van der Waals surface area (Å²) in [6, 6.07) is 22.8. The second-order valence-electron chi connectivity index (χ2n) is 8.68. The van der Waals surface area contributed by atoms with Crippen molar-refractivity contribution in [1.29, 1.82) is 0 Å². The van der Waals surface area contributed by atoms with Crippen LogP contribution < -0.4 is 19.9 Å². The predicted molar refractivity (Wildman–Crippen MR) is 146 cm³/mol. The van der Waals surface area contributed by atoms with Crippen molar-refractivity contribution in [2.75, 3.05) is 61.5 Å². The molecule has 0 unspecified atom stereocenters. The largest absolute Gasteiger partial charge is 0.495 e. The topological polar surface area (TPSA) is 65.1 Å². The molecule has 0 aromatic heterocycles. The minimum absolute atomic E-state index is 0.0297. The number of carbonyl (C=O) groups is 2. The average Bonchev–Trinajstić information content (AvgIpc) is 2.94. The van der Waals surface area contributed by atoms with Crippen LogP contribution in [0.4, 0.5) is 17.1 Å². The lowest BCUT2D eigenvalue weighted by Gasteiger charge is -2.38. The van der Waals surface area contributed by atoms with Crippen LogP contribution in [0.15, 0.2) is 72.8 Å². The standard InChI is InChI=1S/C29H34N4O3/c1-4-31(5-2)29(35)24-21-23(30-28(34)22-11-7-6-8-12-22)15-16-25(24)32-17-19-33(20-18-32)26-13-9-10-14-27(26)36-3/h6-16,21H,4-5,17-20H2,1-3H3,(H,30,34). The molecule has 0 bridgehead atoms. The van der Waals surface area contributed by atoms with Gasteiger partial charge in [-0.3, -0.25) is 9.59 Å². The third-order valence-electron chi connectivity index (χ3n) is 6.62. The number of amides is 2. The molecule has 1 heterocycles. The summed E-state index contributed by atoms with van der Waals surface area (Å²) in [7, 11) is 1.69. The minimum Gasteiger partial charge on any atom is -0.495 e. The van der Waals surface area contributed by atoms with Crippen molar-refractivity contribution in [2.45, 2.75) is 13.8 Å². The van der Waals surface area contributed by atoms with Crippen molar-refractivity contribution < 1.29 is 14.3 Å². The Bertz CT molecular complexity index is 1190. The summed E-state index contributed by atoms with van der Waals surface area (Å²) < 4.78 is 5.55. The first-order chi connectivity index (χ1) is 17.5. The van der Waals surface area contributed by atoms with Crippen LogP contribution in [0.3, 0.4) is 0 Å². The van der Waals surface area contributed by atoms with E-state index < -0.39 is 0 Å². The van der Waals surface area contributed by atoms with Gasteiger partial charge in [-0.1, -0.05) is 30.3 Å². The number of methoxy groups -OCH3 is 1. The number of hydrogen-bond acceptors (Lipinski definition) is 5. The van der Waals surface area contributed by atoms with Crippen molar-refractivity contribution in [1.82, 2.24) is 4.90 Å². The first-order valence-corrected chi connectivity index (χ1v) is 12.5. The van der Waals surface area contributed by atoms with E-state index in [1.807, 2.05) is 73.3 Å². The van der Waals surface area contributed by atoms with Crippen LogP contribution in [0.25, 0.3) is 0 Å². The molecular weight excluding hydrogens is 452 g/mol. The molecule has 1 aliphatic rings. The fourth-order valence-electron chi connectivity index (χ4n) is 4.61. The summed E-state index contributed by atoms with van der Waals surface area (Å²) in [5, 5.41) is 2.95. The lowest BCUT2D eigenvalue weighted by atomic mass is 10.1. The number of ether oxygens (including phenoxy) is 1. The lowest BCUT2D eigenvalue weighted by molar-refractivity contribution is 0.0773. The van der Waals surface area contributed by atoms with Gasteiger partial charge in [0, 0.05) is 56.2 Å². The Kier molecular flexibility index (Phi) is 8.10. The number of piperazine rings is 1. The number of para-hydroxylation sites is 2. The lowest BCUT2D eigenvalue weighted by Crippen LogP contribution is -2.47. The van der Waals surface area contributed by atoms with Gasteiger partial charge >= 0.3 is 0 Å². The van der Waals surface area contributed by atoms with Gasteiger partial charge in [0.05, 0.1) is 18.4 Å². The quantitative estimate of drug-likeness (QED) is 0.498. The molecule has 7 heteroatoms. The van der Waals surface area contributed by atoms with Crippen molar-refractivity contribution in [3.63, 3.8) is 0 Å². The SMILES string of the molecule is CCN(CC)C(=O)c1cc(NC(=O)c2ccccc2)ccc1N1CCN(c2ccccc2OC)CC1. The molecular formula is C29H34N4O3. The molecule has 188 valence electrons. The van der Waals surface area contributed by atoms with Crippen LogP contribution in [0.5, 0.6) is 5.75 Å². The molecule has 0 saturated carbocycles. The Morgan fingerprint density at radius 1 is 0.833 bits per heavy atom. The summed E-state index contributed by atoms with van der Waals surface area (Å²) in [5.41, 5.74) is 3.76. The van der Waals surface area contributed by atoms with Gasteiger partial charge in [-0.2, -0.15) is 0 Å². The van der Waals surface area contributed by atoms with E-state index in [4.69, 9.17) is 4.74 Å². The van der Waals surface area contributed by atoms with Crippen LogP contribution in [0.2, 0.25) is 0 Å². The van der Waals surface area contributed by atoms with Crippen molar-refractivity contribution >= 4 is 28.9 Å². The molecule has 3 aromatic carbocycles. The molecule has 0 aliphatic carbocycles. The first kappa shape index (κ1) is 25.1. The van der Waals surface area contributed by atoms with Gasteiger partial charge in [0.15, 0.2) is 0 Å². The van der Waals surface area contributed by atoms with E-state index in [1.165, 1.54) is 0 Å². The van der Waals surface area contributed by atoms with E-state index in [0.29, 0.717) is 29.9 Å². The van der Waals surface area contributed by atoms with Crippen molar-refractivity contribution in [3.8, 4) is 5.75 Å². The van der Waals surface area contributed by atoms with E-state index >= 15 is 0 Å². The number of rotatable bonds is 8. The third-order valence-corrected chi connectivity index (χ3v) is 6.62. The molecule has 2 amide bonds. The molecule has 0 radical (unpaired) electrons. The first-order valence-electron chi connectivity index (χ1n) is 12.5. The molecule has 0 atom stereocenters. The van der Waals surface area contributed by atoms with Gasteiger partial charge in [0.1, 0.15) is 5.75 Å². The molecule has 36 heavy (non-hydrogen) atoms. The maximum absolute atomic E-state index is 13.5. The van der Waals surface area contributed by atoms with E-state index in [0.717, 1.165) is 43.3 Å². The molecule has 1 N–H and O–H groups in total. The van der Waals surface area contributed by atoms with Gasteiger partial charge in [0.25, 0.3) is 11.8 Å². The molecule has 7 nitrogen and oxygen atoms in total. The molecule has 1 fully saturated rings. The van der Waals surface area contributed by atoms with Crippen LogP contribution >= 0.6 is 0 Å².